The molecule has 0 amide bonds. The molecule has 0 atom stereocenters. The van der Waals surface area contributed by atoms with Crippen molar-refractivity contribution in [1.82, 2.24) is 0 Å². The first-order valence-corrected chi connectivity index (χ1v) is 10.8. The van der Waals surface area contributed by atoms with Crippen molar-refractivity contribution in [3.8, 4) is 0 Å². The number of ketones is 4. The Morgan fingerprint density at radius 1 is 0.375 bits per heavy atom. The second-order valence-corrected chi connectivity index (χ2v) is 8.12. The lowest BCUT2D eigenvalue weighted by Crippen LogP contribution is -2.24. The van der Waals surface area contributed by atoms with Gasteiger partial charge in [-0.15, -0.1) is 0 Å². The number of allylic oxidation sites excluding steroid dienone is 2. The number of hydrogen-bond acceptors (Lipinski definition) is 4. The molecule has 3 aliphatic rings. The summed E-state index contributed by atoms with van der Waals surface area (Å²) in [7, 11) is 0. The van der Waals surface area contributed by atoms with Crippen LogP contribution in [0.5, 0.6) is 0 Å². The third-order valence-electron chi connectivity index (χ3n) is 6.26. The zero-order valence-electron chi connectivity index (χ0n) is 17.4. The van der Waals surface area contributed by atoms with E-state index >= 15 is 0 Å². The van der Waals surface area contributed by atoms with Crippen LogP contribution in [0.3, 0.4) is 0 Å². The van der Waals surface area contributed by atoms with E-state index in [0.29, 0.717) is 33.4 Å². The van der Waals surface area contributed by atoms with Crippen LogP contribution in [0.4, 0.5) is 0 Å². The van der Waals surface area contributed by atoms with Gasteiger partial charge in [-0.1, -0.05) is 72.8 Å². The summed E-state index contributed by atoms with van der Waals surface area (Å²) in [5.41, 5.74) is 4.75. The van der Waals surface area contributed by atoms with E-state index in [2.05, 4.69) is 0 Å². The number of benzene rings is 3. The smallest absolute Gasteiger partial charge is 0.194 e. The molecule has 0 radical (unpaired) electrons. The summed E-state index contributed by atoms with van der Waals surface area (Å²) in [6, 6.07) is 21.1. The van der Waals surface area contributed by atoms with Crippen molar-refractivity contribution in [3.63, 3.8) is 0 Å². The third-order valence-corrected chi connectivity index (χ3v) is 6.26. The minimum absolute atomic E-state index is 0.0641. The summed E-state index contributed by atoms with van der Waals surface area (Å²) in [5.74, 6) is 0.0198. The molecule has 0 fully saturated rings. The van der Waals surface area contributed by atoms with Crippen molar-refractivity contribution < 1.29 is 19.2 Å². The Bertz CT molecular complexity index is 1190. The maximum absolute atomic E-state index is 12.2. The van der Waals surface area contributed by atoms with Crippen molar-refractivity contribution in [2.75, 3.05) is 0 Å². The Labute approximate surface area is 185 Å². The molecule has 3 aromatic rings. The number of carbonyl (C=O) groups excluding carboxylic acids is 4. The zero-order valence-corrected chi connectivity index (χ0v) is 17.4. The normalized spacial score (nSPS) is 16.4. The van der Waals surface area contributed by atoms with Gasteiger partial charge in [-0.2, -0.15) is 0 Å². The van der Waals surface area contributed by atoms with E-state index in [4.69, 9.17) is 0 Å². The highest BCUT2D eigenvalue weighted by atomic mass is 16.1. The van der Waals surface area contributed by atoms with Gasteiger partial charge in [-0.25, -0.2) is 0 Å². The van der Waals surface area contributed by atoms with Crippen LogP contribution in [0.15, 0.2) is 83.9 Å². The monoisotopic (exact) mass is 420 g/mol. The van der Waals surface area contributed by atoms with E-state index in [9.17, 15) is 19.2 Å². The highest BCUT2D eigenvalue weighted by Crippen LogP contribution is 2.35. The molecule has 3 aromatic carbocycles. The molecule has 0 aliphatic heterocycles. The standard InChI is InChI=1S/C14H12O2.C14H8O2/c2*15-13-9-5-1-2-6-10(9)14(16)12-8-4-3-7-11(12)13/h1-2,5-6H,3-4,7-8H2;1-8H. The summed E-state index contributed by atoms with van der Waals surface area (Å²) in [4.78, 5) is 48.6. The second kappa shape index (κ2) is 7.97. The number of carbonyl (C=O) groups is 4. The van der Waals surface area contributed by atoms with Crippen molar-refractivity contribution in [2.45, 2.75) is 25.7 Å². The van der Waals surface area contributed by atoms with Gasteiger partial charge >= 0.3 is 0 Å². The zero-order chi connectivity index (χ0) is 22.2. The maximum Gasteiger partial charge on any atom is 0.194 e. The fourth-order valence-corrected chi connectivity index (χ4v) is 4.66. The average molecular weight is 420 g/mol. The fraction of sp³-hybridized carbons (Fsp3) is 0.143. The first-order chi connectivity index (χ1) is 15.6. The van der Waals surface area contributed by atoms with Gasteiger partial charge in [0.25, 0.3) is 0 Å². The summed E-state index contributed by atoms with van der Waals surface area (Å²) in [6.45, 7) is 0. The Hall–Kier alpha value is -3.92. The molecular weight excluding hydrogens is 400 g/mol. The van der Waals surface area contributed by atoms with E-state index in [1.807, 2.05) is 12.1 Å². The Kier molecular flexibility index (Phi) is 4.98. The van der Waals surface area contributed by atoms with Crippen LogP contribution in [-0.2, 0) is 0 Å². The Morgan fingerprint density at radius 3 is 0.906 bits per heavy atom. The summed E-state index contributed by atoms with van der Waals surface area (Å²) >= 11 is 0. The van der Waals surface area contributed by atoms with Crippen molar-refractivity contribution in [1.29, 1.82) is 0 Å². The van der Waals surface area contributed by atoms with Crippen molar-refractivity contribution >= 4 is 23.1 Å². The quantitative estimate of drug-likeness (QED) is 0.382. The van der Waals surface area contributed by atoms with Crippen LogP contribution in [0, 0.1) is 0 Å². The minimum Gasteiger partial charge on any atom is -0.289 e. The molecule has 156 valence electrons. The molecule has 6 rings (SSSR count). The topological polar surface area (TPSA) is 68.3 Å². The van der Waals surface area contributed by atoms with E-state index in [1.54, 1.807) is 60.7 Å². The molecule has 0 N–H and O–H groups in total. The molecule has 4 heteroatoms. The summed E-state index contributed by atoms with van der Waals surface area (Å²) < 4.78 is 0. The van der Waals surface area contributed by atoms with Gasteiger partial charge in [0.05, 0.1) is 0 Å². The molecular formula is C28H20O4. The second-order valence-electron chi connectivity index (χ2n) is 8.12. The van der Waals surface area contributed by atoms with Crippen LogP contribution >= 0.6 is 0 Å². The van der Waals surface area contributed by atoms with Crippen LogP contribution < -0.4 is 0 Å². The molecule has 3 aliphatic carbocycles. The molecule has 32 heavy (non-hydrogen) atoms. The lowest BCUT2D eigenvalue weighted by Gasteiger charge is -2.24. The lowest BCUT2D eigenvalue weighted by molar-refractivity contribution is 0.0964. The van der Waals surface area contributed by atoms with E-state index in [-0.39, 0.29) is 23.1 Å². The predicted octanol–water partition coefficient (Wildman–Crippen LogP) is 5.40. The SMILES string of the molecule is O=C1C2=C(CCCC2)C(=O)c2ccccc21.O=C1c2ccccc2C(=O)c2ccccc21. The number of hydrogen-bond donors (Lipinski definition) is 0. The molecule has 0 saturated heterocycles. The third kappa shape index (κ3) is 3.16. The number of fused-ring (bicyclic) bond motifs is 3. The molecule has 0 spiro atoms. The Balaban J connectivity index is 0.000000135. The molecule has 4 nitrogen and oxygen atoms in total. The first kappa shape index (κ1) is 20.0. The highest BCUT2D eigenvalue weighted by Gasteiger charge is 2.32. The van der Waals surface area contributed by atoms with Gasteiger partial charge in [0.1, 0.15) is 0 Å². The highest BCUT2D eigenvalue weighted by molar-refractivity contribution is 6.28. The van der Waals surface area contributed by atoms with E-state index in [1.165, 1.54) is 0 Å². The summed E-state index contributed by atoms with van der Waals surface area (Å²) in [6.07, 6.45) is 3.60. The number of Topliss-reactive ketones (excluding diaryl/α,β-unsaturated/α-hetero) is 2. The molecule has 0 saturated carbocycles. The van der Waals surface area contributed by atoms with Crippen LogP contribution in [0.25, 0.3) is 0 Å². The van der Waals surface area contributed by atoms with E-state index < -0.39 is 0 Å². The number of rotatable bonds is 0. The first-order valence-electron chi connectivity index (χ1n) is 10.8. The summed E-state index contributed by atoms with van der Waals surface area (Å²) in [5, 5.41) is 0. The Morgan fingerprint density at radius 2 is 0.625 bits per heavy atom. The van der Waals surface area contributed by atoms with Crippen LogP contribution in [0.2, 0.25) is 0 Å². The van der Waals surface area contributed by atoms with Crippen LogP contribution in [0.1, 0.15) is 78.2 Å². The van der Waals surface area contributed by atoms with Crippen LogP contribution in [-0.4, -0.2) is 23.1 Å². The largest absolute Gasteiger partial charge is 0.289 e. The average Bonchev–Trinajstić information content (AvgIpc) is 2.86. The van der Waals surface area contributed by atoms with Gasteiger partial charge < -0.3 is 0 Å². The van der Waals surface area contributed by atoms with Crippen molar-refractivity contribution in [3.05, 3.63) is 117 Å². The van der Waals surface area contributed by atoms with Gasteiger partial charge in [-0.05, 0) is 25.7 Å². The van der Waals surface area contributed by atoms with Gasteiger partial charge in [0.2, 0.25) is 0 Å². The molecule has 0 unspecified atom stereocenters. The maximum atomic E-state index is 12.2. The molecule has 0 heterocycles. The molecule has 0 aromatic heterocycles. The van der Waals surface area contributed by atoms with Gasteiger partial charge in [0.15, 0.2) is 23.1 Å². The lowest BCUT2D eigenvalue weighted by atomic mass is 9.77. The van der Waals surface area contributed by atoms with Gasteiger partial charge in [-0.3, -0.25) is 19.2 Å². The van der Waals surface area contributed by atoms with Gasteiger partial charge in [0, 0.05) is 44.5 Å². The van der Waals surface area contributed by atoms with E-state index in [0.717, 1.165) is 36.8 Å². The minimum atomic E-state index is -0.0641. The predicted molar refractivity (Wildman–Crippen MR) is 120 cm³/mol. The fourth-order valence-electron chi connectivity index (χ4n) is 4.66. The van der Waals surface area contributed by atoms with Crippen molar-refractivity contribution in [2.24, 2.45) is 0 Å². The molecule has 0 bridgehead atoms.